The van der Waals surface area contributed by atoms with Gasteiger partial charge in [-0.05, 0) is 13.8 Å². The van der Waals surface area contributed by atoms with Crippen molar-refractivity contribution in [2.24, 2.45) is 0 Å². The highest BCUT2D eigenvalue weighted by atomic mass is 16.6. The Labute approximate surface area is 58.5 Å². The quantitative estimate of drug-likeness (QED) is 0.462. The van der Waals surface area contributed by atoms with Crippen LogP contribution in [0.1, 0.15) is 13.8 Å². The van der Waals surface area contributed by atoms with Crippen molar-refractivity contribution in [2.75, 3.05) is 0 Å². The van der Waals surface area contributed by atoms with Crippen molar-refractivity contribution in [2.45, 2.75) is 26.0 Å². The molecule has 0 aromatic heterocycles. The Balaban J connectivity index is 2.63. The number of morpholine rings is 1. The molecule has 0 saturated carbocycles. The molecular formula is C6H9NO3. The van der Waals surface area contributed by atoms with E-state index in [9.17, 15) is 9.59 Å². The number of nitrogens with one attached hydrogen (secondary N) is 1. The molecule has 0 unspecified atom stereocenters. The third kappa shape index (κ3) is 1.10. The topological polar surface area (TPSA) is 55.4 Å². The van der Waals surface area contributed by atoms with Crippen molar-refractivity contribution in [1.82, 2.24) is 5.32 Å². The molecule has 0 bridgehead atoms. The van der Waals surface area contributed by atoms with E-state index in [-0.39, 0.29) is 11.9 Å². The van der Waals surface area contributed by atoms with E-state index in [1.54, 1.807) is 13.8 Å². The molecule has 1 aliphatic rings. The van der Waals surface area contributed by atoms with Gasteiger partial charge in [0.25, 0.3) is 5.91 Å². The summed E-state index contributed by atoms with van der Waals surface area (Å²) in [6.07, 6.45) is -0.635. The fourth-order valence-corrected chi connectivity index (χ4v) is 0.719. The fourth-order valence-electron chi connectivity index (χ4n) is 0.719. The van der Waals surface area contributed by atoms with E-state index in [0.29, 0.717) is 0 Å². The largest absolute Gasteiger partial charge is 0.451 e. The minimum absolute atomic E-state index is 0.230. The summed E-state index contributed by atoms with van der Waals surface area (Å²) in [6.45, 7) is 3.13. The van der Waals surface area contributed by atoms with E-state index in [0.717, 1.165) is 0 Å². The van der Waals surface area contributed by atoms with Gasteiger partial charge in [0.1, 0.15) is 6.04 Å². The second-order valence-electron chi connectivity index (χ2n) is 2.31. The molecule has 0 aromatic rings. The van der Waals surface area contributed by atoms with Crippen molar-refractivity contribution in [3.05, 3.63) is 0 Å². The second kappa shape index (κ2) is 2.28. The first-order valence-electron chi connectivity index (χ1n) is 3.12. The van der Waals surface area contributed by atoms with E-state index in [1.807, 2.05) is 0 Å². The molecule has 1 N–H and O–H groups in total. The van der Waals surface area contributed by atoms with E-state index >= 15 is 0 Å². The van der Waals surface area contributed by atoms with Crippen LogP contribution in [0.3, 0.4) is 0 Å². The summed E-state index contributed by atoms with van der Waals surface area (Å²) in [5.74, 6) is -0.598. The predicted molar refractivity (Wildman–Crippen MR) is 33.2 cm³/mol. The van der Waals surface area contributed by atoms with Crippen LogP contribution in [0.15, 0.2) is 0 Å². The Kier molecular flexibility index (Phi) is 1.61. The van der Waals surface area contributed by atoms with Crippen LogP contribution in [-0.4, -0.2) is 24.0 Å². The number of hydrogen-bond acceptors (Lipinski definition) is 3. The van der Waals surface area contributed by atoms with Crippen LogP contribution in [0, 0.1) is 0 Å². The minimum atomic E-state index is -0.635. The summed E-state index contributed by atoms with van der Waals surface area (Å²) < 4.78 is 4.66. The van der Waals surface area contributed by atoms with Gasteiger partial charge in [-0.15, -0.1) is 0 Å². The van der Waals surface area contributed by atoms with Crippen molar-refractivity contribution < 1.29 is 14.3 Å². The lowest BCUT2D eigenvalue weighted by Crippen LogP contribution is -2.51. The van der Waals surface area contributed by atoms with Crippen LogP contribution in [0.4, 0.5) is 0 Å². The first-order valence-corrected chi connectivity index (χ1v) is 3.12. The molecule has 4 heteroatoms. The average Bonchev–Trinajstić information content (AvgIpc) is 1.84. The normalized spacial score (nSPS) is 33.0. The zero-order valence-electron chi connectivity index (χ0n) is 5.88. The number of carbonyl (C=O) groups is 2. The van der Waals surface area contributed by atoms with Gasteiger partial charge in [0.05, 0.1) is 0 Å². The van der Waals surface area contributed by atoms with E-state index in [4.69, 9.17) is 0 Å². The maximum absolute atomic E-state index is 10.8. The van der Waals surface area contributed by atoms with Crippen molar-refractivity contribution >= 4 is 11.9 Å². The van der Waals surface area contributed by atoms with Gasteiger partial charge in [-0.1, -0.05) is 0 Å². The molecule has 1 rings (SSSR count). The molecule has 0 aliphatic carbocycles. The van der Waals surface area contributed by atoms with Crippen molar-refractivity contribution in [1.29, 1.82) is 0 Å². The van der Waals surface area contributed by atoms with Gasteiger partial charge in [0, 0.05) is 0 Å². The van der Waals surface area contributed by atoms with Gasteiger partial charge >= 0.3 is 5.97 Å². The summed E-state index contributed by atoms with van der Waals surface area (Å²) in [6, 6.07) is -0.497. The molecule has 1 saturated heterocycles. The van der Waals surface area contributed by atoms with Gasteiger partial charge in [0.15, 0.2) is 6.10 Å². The number of ether oxygens (including phenoxy) is 1. The van der Waals surface area contributed by atoms with Gasteiger partial charge in [-0.3, -0.25) is 4.79 Å². The third-order valence-electron chi connectivity index (χ3n) is 1.37. The molecule has 2 atom stereocenters. The lowest BCUT2D eigenvalue weighted by Gasteiger charge is -2.23. The van der Waals surface area contributed by atoms with E-state index < -0.39 is 12.1 Å². The van der Waals surface area contributed by atoms with Gasteiger partial charge in [-0.25, -0.2) is 4.79 Å². The molecule has 0 radical (unpaired) electrons. The highest BCUT2D eigenvalue weighted by Gasteiger charge is 2.29. The maximum Gasteiger partial charge on any atom is 0.329 e. The van der Waals surface area contributed by atoms with E-state index in [2.05, 4.69) is 10.1 Å². The van der Waals surface area contributed by atoms with Crippen LogP contribution < -0.4 is 5.32 Å². The number of esters is 1. The predicted octanol–water partition coefficient (Wildman–Crippen LogP) is -0.564. The highest BCUT2D eigenvalue weighted by Crippen LogP contribution is 2.02. The molecule has 1 amide bonds. The summed E-state index contributed by atoms with van der Waals surface area (Å²) in [5, 5.41) is 2.47. The van der Waals surface area contributed by atoms with Crippen LogP contribution >= 0.6 is 0 Å². The molecule has 1 heterocycles. The third-order valence-corrected chi connectivity index (χ3v) is 1.37. The Morgan fingerprint density at radius 3 is 2.50 bits per heavy atom. The van der Waals surface area contributed by atoms with Crippen LogP contribution in [-0.2, 0) is 14.3 Å². The number of hydrogen-bond donors (Lipinski definition) is 1. The number of rotatable bonds is 0. The number of carbonyl (C=O) groups excluding carboxylic acids is 2. The van der Waals surface area contributed by atoms with Crippen LogP contribution in [0.2, 0.25) is 0 Å². The SMILES string of the molecule is C[C@@H]1NC(=O)[C@@H](C)OC1=O. The molecule has 1 aliphatic heterocycles. The molecular weight excluding hydrogens is 134 g/mol. The average molecular weight is 143 g/mol. The lowest BCUT2D eigenvalue weighted by atomic mass is 10.2. The summed E-state index contributed by atoms with van der Waals surface area (Å²) in [5.41, 5.74) is 0. The molecule has 0 spiro atoms. The first kappa shape index (κ1) is 7.05. The van der Waals surface area contributed by atoms with E-state index in [1.165, 1.54) is 0 Å². The molecule has 0 aromatic carbocycles. The molecule has 10 heavy (non-hydrogen) atoms. The Hall–Kier alpha value is -1.06. The monoisotopic (exact) mass is 143 g/mol. The zero-order chi connectivity index (χ0) is 7.72. The summed E-state index contributed by atoms with van der Waals surface area (Å²) in [4.78, 5) is 21.5. The van der Waals surface area contributed by atoms with Gasteiger partial charge < -0.3 is 10.1 Å². The zero-order valence-corrected chi connectivity index (χ0v) is 5.88. The number of cyclic esters (lactones) is 1. The van der Waals surface area contributed by atoms with Crippen molar-refractivity contribution in [3.8, 4) is 0 Å². The van der Waals surface area contributed by atoms with Crippen LogP contribution in [0.5, 0.6) is 0 Å². The smallest absolute Gasteiger partial charge is 0.329 e. The Morgan fingerprint density at radius 2 is 2.00 bits per heavy atom. The molecule has 56 valence electrons. The maximum atomic E-state index is 10.8. The molecule has 4 nitrogen and oxygen atoms in total. The van der Waals surface area contributed by atoms with Crippen LogP contribution in [0.25, 0.3) is 0 Å². The fraction of sp³-hybridized carbons (Fsp3) is 0.667. The first-order chi connectivity index (χ1) is 4.61. The van der Waals surface area contributed by atoms with Gasteiger partial charge in [0.2, 0.25) is 0 Å². The summed E-state index contributed by atoms with van der Waals surface area (Å²) in [7, 11) is 0. The Morgan fingerprint density at radius 1 is 1.40 bits per heavy atom. The highest BCUT2D eigenvalue weighted by molar-refractivity contribution is 5.91. The minimum Gasteiger partial charge on any atom is -0.451 e. The van der Waals surface area contributed by atoms with Crippen molar-refractivity contribution in [3.63, 3.8) is 0 Å². The lowest BCUT2D eigenvalue weighted by molar-refractivity contribution is -0.163. The number of amides is 1. The Bertz CT molecular complexity index is 158. The van der Waals surface area contributed by atoms with Gasteiger partial charge in [-0.2, -0.15) is 0 Å². The summed E-state index contributed by atoms with van der Waals surface area (Å²) >= 11 is 0. The molecule has 1 fully saturated rings. The standard InChI is InChI=1S/C6H9NO3/c1-3-6(9)10-4(2)5(8)7-3/h3-4H,1-2H3,(H,7,8)/t3-,4+/m0/s1. The second-order valence-corrected chi connectivity index (χ2v) is 2.31.